The largest absolute Gasteiger partial charge is 0.347 e. The Morgan fingerprint density at radius 1 is 1.37 bits per heavy atom. The number of piperidine rings is 1. The average molecular weight is 280 g/mol. The van der Waals surface area contributed by atoms with Crippen LogP contribution in [0.1, 0.15) is 44.9 Å². The van der Waals surface area contributed by atoms with Gasteiger partial charge < -0.3 is 10.2 Å². The van der Waals surface area contributed by atoms with Crippen molar-refractivity contribution in [2.45, 2.75) is 51.5 Å². The number of hydrogen-bond acceptors (Lipinski definition) is 5. The number of rotatable bonds is 6. The van der Waals surface area contributed by atoms with Gasteiger partial charge in [0.25, 0.3) is 0 Å². The number of aryl methyl sites for hydroxylation is 1. The van der Waals surface area contributed by atoms with Crippen LogP contribution in [0.2, 0.25) is 0 Å². The molecule has 0 radical (unpaired) electrons. The van der Waals surface area contributed by atoms with E-state index in [9.17, 15) is 0 Å². The van der Waals surface area contributed by atoms with E-state index in [0.29, 0.717) is 0 Å². The van der Waals surface area contributed by atoms with E-state index in [1.807, 2.05) is 0 Å². The molecule has 1 aromatic heterocycles. The van der Waals surface area contributed by atoms with Gasteiger partial charge in [0, 0.05) is 37.1 Å². The van der Waals surface area contributed by atoms with Gasteiger partial charge in [0.05, 0.1) is 0 Å². The lowest BCUT2D eigenvalue weighted by Gasteiger charge is -2.32. The molecule has 2 aliphatic rings. The normalized spacial score (nSPS) is 23.8. The molecule has 5 heteroatoms. The number of nitrogens with zero attached hydrogens (tertiary/aromatic N) is 3. The van der Waals surface area contributed by atoms with E-state index < -0.39 is 0 Å². The summed E-state index contributed by atoms with van der Waals surface area (Å²) in [6, 6.07) is 0.827. The van der Waals surface area contributed by atoms with E-state index in [4.69, 9.17) is 0 Å². The summed E-state index contributed by atoms with van der Waals surface area (Å²) in [5, 5.41) is 4.80. The Labute approximate surface area is 119 Å². The standard InChI is InChI=1S/C14H24N4S/c1-2-4-13-16-14(19-17-13)18-8-3-5-11(10-18)9-15-12-6-7-12/h11-12,15H,2-10H2,1H3. The fourth-order valence-corrected chi connectivity index (χ4v) is 3.47. The molecular formula is C14H24N4S. The third-order valence-corrected chi connectivity index (χ3v) is 4.81. The molecule has 19 heavy (non-hydrogen) atoms. The Hall–Kier alpha value is -0.680. The van der Waals surface area contributed by atoms with Crippen molar-refractivity contribution < 1.29 is 0 Å². The van der Waals surface area contributed by atoms with Crippen LogP contribution < -0.4 is 10.2 Å². The maximum atomic E-state index is 4.68. The first-order valence-electron chi connectivity index (χ1n) is 7.66. The second-order valence-corrected chi connectivity index (χ2v) is 6.61. The third-order valence-electron chi connectivity index (χ3n) is 3.99. The average Bonchev–Trinajstić information content (AvgIpc) is 3.15. The SMILES string of the molecule is CCCc1nsc(N2CCCC(CNC3CC3)C2)n1. The lowest BCUT2D eigenvalue weighted by Crippen LogP contribution is -2.40. The Morgan fingerprint density at radius 3 is 3.05 bits per heavy atom. The Morgan fingerprint density at radius 2 is 2.26 bits per heavy atom. The second-order valence-electron chi connectivity index (χ2n) is 5.88. The fraction of sp³-hybridized carbons (Fsp3) is 0.857. The topological polar surface area (TPSA) is 41.1 Å². The molecule has 1 saturated heterocycles. The number of nitrogens with one attached hydrogen (secondary N) is 1. The number of anilines is 1. The zero-order valence-corrected chi connectivity index (χ0v) is 12.6. The summed E-state index contributed by atoms with van der Waals surface area (Å²) < 4.78 is 4.46. The molecule has 1 aliphatic heterocycles. The van der Waals surface area contributed by atoms with E-state index >= 15 is 0 Å². The van der Waals surface area contributed by atoms with Crippen molar-refractivity contribution in [1.29, 1.82) is 0 Å². The van der Waals surface area contributed by atoms with E-state index in [-0.39, 0.29) is 0 Å². The maximum absolute atomic E-state index is 4.68. The van der Waals surface area contributed by atoms with Crippen LogP contribution in [0, 0.1) is 5.92 Å². The van der Waals surface area contributed by atoms with Crippen molar-refractivity contribution in [3.8, 4) is 0 Å². The van der Waals surface area contributed by atoms with E-state index in [1.165, 1.54) is 32.2 Å². The quantitative estimate of drug-likeness (QED) is 0.869. The minimum Gasteiger partial charge on any atom is -0.347 e. The molecule has 1 saturated carbocycles. The van der Waals surface area contributed by atoms with Gasteiger partial charge in [-0.1, -0.05) is 6.92 Å². The van der Waals surface area contributed by atoms with Gasteiger partial charge in [0.2, 0.25) is 5.13 Å². The highest BCUT2D eigenvalue weighted by Crippen LogP contribution is 2.26. The predicted octanol–water partition coefficient (Wildman–Crippen LogP) is 2.46. The summed E-state index contributed by atoms with van der Waals surface area (Å²) in [5.74, 6) is 1.81. The molecule has 4 nitrogen and oxygen atoms in total. The smallest absolute Gasteiger partial charge is 0.205 e. The first-order chi connectivity index (χ1) is 9.35. The third kappa shape index (κ3) is 3.66. The van der Waals surface area contributed by atoms with Crippen LogP contribution in [0.15, 0.2) is 0 Å². The molecule has 106 valence electrons. The van der Waals surface area contributed by atoms with Crippen molar-refractivity contribution in [3.63, 3.8) is 0 Å². The first-order valence-corrected chi connectivity index (χ1v) is 8.43. The highest BCUT2D eigenvalue weighted by Gasteiger charge is 2.25. The molecule has 3 rings (SSSR count). The van der Waals surface area contributed by atoms with Gasteiger partial charge in [-0.05, 0) is 44.6 Å². The van der Waals surface area contributed by atoms with Gasteiger partial charge in [-0.25, -0.2) is 4.98 Å². The number of hydrogen-bond donors (Lipinski definition) is 1. The summed E-state index contributed by atoms with van der Waals surface area (Å²) in [5.41, 5.74) is 0. The molecule has 1 unspecified atom stereocenters. The van der Waals surface area contributed by atoms with Crippen LogP contribution in [-0.4, -0.2) is 35.0 Å². The van der Waals surface area contributed by atoms with Gasteiger partial charge in [0.1, 0.15) is 5.82 Å². The van der Waals surface area contributed by atoms with Crippen LogP contribution in [0.25, 0.3) is 0 Å². The highest BCUT2D eigenvalue weighted by molar-refractivity contribution is 7.09. The van der Waals surface area contributed by atoms with Gasteiger partial charge in [-0.2, -0.15) is 4.37 Å². The molecule has 0 amide bonds. The van der Waals surface area contributed by atoms with Crippen LogP contribution in [0.3, 0.4) is 0 Å². The van der Waals surface area contributed by atoms with Gasteiger partial charge in [0.15, 0.2) is 0 Å². The molecule has 0 bridgehead atoms. The lowest BCUT2D eigenvalue weighted by atomic mass is 9.98. The predicted molar refractivity (Wildman–Crippen MR) is 79.9 cm³/mol. The van der Waals surface area contributed by atoms with Gasteiger partial charge in [-0.15, -0.1) is 0 Å². The van der Waals surface area contributed by atoms with Crippen LogP contribution in [0.4, 0.5) is 5.13 Å². The van der Waals surface area contributed by atoms with E-state index in [0.717, 1.165) is 48.8 Å². The molecule has 1 N–H and O–H groups in total. The molecule has 0 spiro atoms. The summed E-state index contributed by atoms with van der Waals surface area (Å²) in [6.45, 7) is 5.67. The Kier molecular flexibility index (Phi) is 4.33. The summed E-state index contributed by atoms with van der Waals surface area (Å²) in [6.07, 6.45) is 7.55. The monoisotopic (exact) mass is 280 g/mol. The summed E-state index contributed by atoms with van der Waals surface area (Å²) in [4.78, 5) is 7.12. The summed E-state index contributed by atoms with van der Waals surface area (Å²) >= 11 is 1.58. The zero-order chi connectivity index (χ0) is 13.1. The molecule has 0 aromatic carbocycles. The molecular weight excluding hydrogens is 256 g/mol. The van der Waals surface area contributed by atoms with Gasteiger partial charge in [-0.3, -0.25) is 0 Å². The minimum absolute atomic E-state index is 0.785. The lowest BCUT2D eigenvalue weighted by molar-refractivity contribution is 0.391. The number of aromatic nitrogens is 2. The first kappa shape index (κ1) is 13.3. The minimum atomic E-state index is 0.785. The van der Waals surface area contributed by atoms with Gasteiger partial charge >= 0.3 is 0 Å². The van der Waals surface area contributed by atoms with Crippen LogP contribution in [-0.2, 0) is 6.42 Å². The molecule has 1 aromatic rings. The van der Waals surface area contributed by atoms with Crippen LogP contribution >= 0.6 is 11.5 Å². The van der Waals surface area contributed by atoms with Crippen molar-refractivity contribution in [2.75, 3.05) is 24.5 Å². The Balaban J connectivity index is 1.53. The molecule has 2 heterocycles. The van der Waals surface area contributed by atoms with Crippen molar-refractivity contribution in [2.24, 2.45) is 5.92 Å². The molecule has 1 atom stereocenters. The van der Waals surface area contributed by atoms with Crippen molar-refractivity contribution >= 4 is 16.7 Å². The van der Waals surface area contributed by atoms with E-state index in [1.54, 1.807) is 11.5 Å². The maximum Gasteiger partial charge on any atom is 0.205 e. The Bertz CT molecular complexity index is 402. The zero-order valence-electron chi connectivity index (χ0n) is 11.8. The van der Waals surface area contributed by atoms with Crippen molar-refractivity contribution in [3.05, 3.63) is 5.82 Å². The van der Waals surface area contributed by atoms with Crippen LogP contribution in [0.5, 0.6) is 0 Å². The van der Waals surface area contributed by atoms with E-state index in [2.05, 4.69) is 26.5 Å². The fourth-order valence-electron chi connectivity index (χ4n) is 2.72. The highest BCUT2D eigenvalue weighted by atomic mass is 32.1. The second kappa shape index (κ2) is 6.18. The molecule has 1 aliphatic carbocycles. The molecule has 2 fully saturated rings. The van der Waals surface area contributed by atoms with Crippen molar-refractivity contribution in [1.82, 2.24) is 14.7 Å². The summed E-state index contributed by atoms with van der Waals surface area (Å²) in [7, 11) is 0.